The van der Waals surface area contributed by atoms with Crippen molar-refractivity contribution in [3.63, 3.8) is 0 Å². The standard InChI is InChI=1S/C20H32OSi/c1-17(2)13-15-19(21-22(6,7)20(3,4)5)16-14-18-11-9-8-10-12-18/h8-13,15H,14,16H2,1-7H3/b19-15-. The Kier molecular flexibility index (Phi) is 6.67. The van der Waals surface area contributed by atoms with Crippen molar-refractivity contribution in [2.24, 2.45) is 0 Å². The fourth-order valence-corrected chi connectivity index (χ4v) is 2.95. The van der Waals surface area contributed by atoms with Gasteiger partial charge < -0.3 is 4.43 Å². The van der Waals surface area contributed by atoms with Gasteiger partial charge in [0, 0.05) is 6.42 Å². The predicted octanol–water partition coefficient (Wildman–Crippen LogP) is 6.49. The minimum atomic E-state index is -1.78. The van der Waals surface area contributed by atoms with Gasteiger partial charge in [0.05, 0.1) is 5.76 Å². The Labute approximate surface area is 138 Å². The lowest BCUT2D eigenvalue weighted by Gasteiger charge is -2.37. The maximum atomic E-state index is 6.53. The molecule has 122 valence electrons. The molecule has 1 aromatic carbocycles. The van der Waals surface area contributed by atoms with E-state index in [1.807, 2.05) is 0 Å². The summed E-state index contributed by atoms with van der Waals surface area (Å²) >= 11 is 0. The van der Waals surface area contributed by atoms with Crippen LogP contribution in [0.1, 0.15) is 46.6 Å². The molecule has 0 spiro atoms. The van der Waals surface area contributed by atoms with Crippen LogP contribution in [0.25, 0.3) is 0 Å². The molecule has 1 rings (SSSR count). The number of benzene rings is 1. The van der Waals surface area contributed by atoms with Crippen LogP contribution in [0.15, 0.2) is 53.8 Å². The Morgan fingerprint density at radius 2 is 1.64 bits per heavy atom. The third-order valence-corrected chi connectivity index (χ3v) is 8.68. The van der Waals surface area contributed by atoms with Crippen LogP contribution < -0.4 is 0 Å². The van der Waals surface area contributed by atoms with E-state index >= 15 is 0 Å². The average molecular weight is 317 g/mol. The zero-order valence-electron chi connectivity index (χ0n) is 15.4. The average Bonchev–Trinajstić information content (AvgIpc) is 2.41. The topological polar surface area (TPSA) is 9.23 Å². The molecular weight excluding hydrogens is 284 g/mol. The lowest BCUT2D eigenvalue weighted by molar-refractivity contribution is 0.366. The van der Waals surface area contributed by atoms with E-state index in [4.69, 9.17) is 4.43 Å². The maximum absolute atomic E-state index is 6.53. The minimum absolute atomic E-state index is 0.226. The molecule has 0 aliphatic carbocycles. The molecule has 0 amide bonds. The molecule has 1 nitrogen and oxygen atoms in total. The van der Waals surface area contributed by atoms with E-state index in [-0.39, 0.29) is 5.04 Å². The minimum Gasteiger partial charge on any atom is -0.547 e. The van der Waals surface area contributed by atoms with Crippen LogP contribution in [-0.4, -0.2) is 8.32 Å². The lowest BCUT2D eigenvalue weighted by Crippen LogP contribution is -2.40. The van der Waals surface area contributed by atoms with E-state index in [1.165, 1.54) is 11.1 Å². The molecule has 0 aromatic heterocycles. The predicted molar refractivity (Wildman–Crippen MR) is 101 cm³/mol. The van der Waals surface area contributed by atoms with Crippen molar-refractivity contribution in [1.29, 1.82) is 0 Å². The molecule has 0 atom stereocenters. The second-order valence-electron chi connectivity index (χ2n) is 7.72. The van der Waals surface area contributed by atoms with Crippen LogP contribution in [0.4, 0.5) is 0 Å². The van der Waals surface area contributed by atoms with Crippen molar-refractivity contribution in [3.8, 4) is 0 Å². The summed E-state index contributed by atoms with van der Waals surface area (Å²) in [6.45, 7) is 15.7. The number of allylic oxidation sites excluding steroid dienone is 4. The van der Waals surface area contributed by atoms with Crippen LogP contribution >= 0.6 is 0 Å². The van der Waals surface area contributed by atoms with Crippen LogP contribution in [0, 0.1) is 0 Å². The molecular formula is C20H32OSi. The van der Waals surface area contributed by atoms with Gasteiger partial charge in [0.1, 0.15) is 0 Å². The highest BCUT2D eigenvalue weighted by atomic mass is 28.4. The molecule has 22 heavy (non-hydrogen) atoms. The number of aryl methyl sites for hydroxylation is 1. The Balaban J connectivity index is 2.86. The number of hydrogen-bond acceptors (Lipinski definition) is 1. The van der Waals surface area contributed by atoms with Crippen molar-refractivity contribution < 1.29 is 4.43 Å². The summed E-state index contributed by atoms with van der Waals surface area (Å²) < 4.78 is 6.53. The van der Waals surface area contributed by atoms with Gasteiger partial charge in [-0.05, 0) is 50.0 Å². The summed E-state index contributed by atoms with van der Waals surface area (Å²) in [5.74, 6) is 1.12. The quantitative estimate of drug-likeness (QED) is 0.331. The zero-order chi connectivity index (χ0) is 16.8. The fourth-order valence-electron chi connectivity index (χ4n) is 1.82. The Morgan fingerprint density at radius 1 is 1.05 bits per heavy atom. The van der Waals surface area contributed by atoms with Crippen molar-refractivity contribution >= 4 is 8.32 Å². The first-order valence-corrected chi connectivity index (χ1v) is 11.1. The van der Waals surface area contributed by atoms with Gasteiger partial charge in [-0.1, -0.05) is 62.8 Å². The van der Waals surface area contributed by atoms with Crippen LogP contribution in [0.2, 0.25) is 18.1 Å². The summed E-state index contributed by atoms with van der Waals surface area (Å²) in [7, 11) is -1.78. The summed E-state index contributed by atoms with van der Waals surface area (Å²) in [6, 6.07) is 10.6. The summed E-state index contributed by atoms with van der Waals surface area (Å²) in [4.78, 5) is 0. The van der Waals surface area contributed by atoms with Crippen molar-refractivity contribution in [2.75, 3.05) is 0 Å². The second kappa shape index (κ2) is 7.82. The molecule has 0 aliphatic heterocycles. The monoisotopic (exact) mass is 316 g/mol. The summed E-state index contributed by atoms with van der Waals surface area (Å²) in [6.07, 6.45) is 6.31. The third-order valence-electron chi connectivity index (χ3n) is 4.30. The molecule has 0 fully saturated rings. The molecule has 0 N–H and O–H groups in total. The van der Waals surface area contributed by atoms with Crippen LogP contribution in [-0.2, 0) is 10.8 Å². The smallest absolute Gasteiger partial charge is 0.250 e. The molecule has 0 unspecified atom stereocenters. The Morgan fingerprint density at radius 3 is 2.14 bits per heavy atom. The van der Waals surface area contributed by atoms with Gasteiger partial charge in [-0.2, -0.15) is 0 Å². The number of rotatable bonds is 6. The normalized spacial score (nSPS) is 13.0. The van der Waals surface area contributed by atoms with Crippen molar-refractivity contribution in [2.45, 2.75) is 65.6 Å². The highest BCUT2D eigenvalue weighted by Crippen LogP contribution is 2.38. The SMILES string of the molecule is CC(C)=C/C=C(/CCc1ccccc1)O[Si](C)(C)C(C)(C)C. The molecule has 0 aliphatic rings. The lowest BCUT2D eigenvalue weighted by atomic mass is 10.1. The van der Waals surface area contributed by atoms with Crippen molar-refractivity contribution in [1.82, 2.24) is 0 Å². The van der Waals surface area contributed by atoms with E-state index in [9.17, 15) is 0 Å². The van der Waals surface area contributed by atoms with Gasteiger partial charge in [0.25, 0.3) is 0 Å². The first kappa shape index (κ1) is 18.8. The highest BCUT2D eigenvalue weighted by molar-refractivity contribution is 6.74. The number of hydrogen-bond donors (Lipinski definition) is 0. The van der Waals surface area contributed by atoms with Gasteiger partial charge in [0.15, 0.2) is 0 Å². The highest BCUT2D eigenvalue weighted by Gasteiger charge is 2.39. The molecule has 1 aromatic rings. The van der Waals surface area contributed by atoms with E-state index in [0.717, 1.165) is 18.6 Å². The van der Waals surface area contributed by atoms with Gasteiger partial charge in [-0.3, -0.25) is 0 Å². The molecule has 0 bridgehead atoms. The molecule has 0 saturated heterocycles. The first-order valence-electron chi connectivity index (χ1n) is 8.19. The maximum Gasteiger partial charge on any atom is 0.250 e. The van der Waals surface area contributed by atoms with Crippen molar-refractivity contribution in [3.05, 3.63) is 59.4 Å². The van der Waals surface area contributed by atoms with Gasteiger partial charge in [-0.15, -0.1) is 0 Å². The second-order valence-corrected chi connectivity index (χ2v) is 12.4. The largest absolute Gasteiger partial charge is 0.547 e. The zero-order valence-corrected chi connectivity index (χ0v) is 16.4. The molecule has 0 heterocycles. The Hall–Kier alpha value is -1.28. The fraction of sp³-hybridized carbons (Fsp3) is 0.500. The first-order chi connectivity index (χ1) is 10.1. The third kappa shape index (κ3) is 6.23. The van der Waals surface area contributed by atoms with Crippen LogP contribution in [0.5, 0.6) is 0 Å². The van der Waals surface area contributed by atoms with E-state index in [2.05, 4.69) is 90.2 Å². The summed E-state index contributed by atoms with van der Waals surface area (Å²) in [5, 5.41) is 0.226. The van der Waals surface area contributed by atoms with Gasteiger partial charge >= 0.3 is 0 Å². The van der Waals surface area contributed by atoms with E-state index < -0.39 is 8.32 Å². The Bertz CT molecular complexity index is 514. The van der Waals surface area contributed by atoms with Gasteiger partial charge in [0.2, 0.25) is 8.32 Å². The van der Waals surface area contributed by atoms with Crippen LogP contribution in [0.3, 0.4) is 0 Å². The van der Waals surface area contributed by atoms with Gasteiger partial charge in [-0.25, -0.2) is 0 Å². The molecule has 0 radical (unpaired) electrons. The summed E-state index contributed by atoms with van der Waals surface area (Å²) in [5.41, 5.74) is 2.67. The molecule has 0 saturated carbocycles. The van der Waals surface area contributed by atoms with E-state index in [1.54, 1.807) is 0 Å². The molecule has 2 heteroatoms. The van der Waals surface area contributed by atoms with E-state index in [0.29, 0.717) is 0 Å².